The minimum absolute atomic E-state index is 0.0253. The van der Waals surface area contributed by atoms with E-state index in [1.54, 1.807) is 6.92 Å². The number of halogens is 2. The van der Waals surface area contributed by atoms with Crippen molar-refractivity contribution in [2.24, 2.45) is 5.92 Å². The first-order valence-electron chi connectivity index (χ1n) is 5.84. The average molecular weight is 317 g/mol. The molecule has 0 aromatic carbocycles. The third kappa shape index (κ3) is 3.50. The van der Waals surface area contributed by atoms with Gasteiger partial charge in [0.2, 0.25) is 5.91 Å². The van der Waals surface area contributed by atoms with Crippen LogP contribution >= 0.6 is 23.2 Å². The molecule has 1 N–H and O–H groups in total. The molecule has 8 heteroatoms. The Hall–Kier alpha value is -1.58. The van der Waals surface area contributed by atoms with Gasteiger partial charge in [-0.3, -0.25) is 9.59 Å². The van der Waals surface area contributed by atoms with E-state index in [4.69, 9.17) is 28.5 Å². The molecule has 0 fully saturated rings. The van der Waals surface area contributed by atoms with Gasteiger partial charge in [0.15, 0.2) is 0 Å². The summed E-state index contributed by atoms with van der Waals surface area (Å²) in [4.78, 5) is 23.6. The Labute approximate surface area is 126 Å². The Kier molecular flexibility index (Phi) is 5.15. The number of hydrogen-bond acceptors (Lipinski definition) is 4. The zero-order chi connectivity index (χ0) is 15.5. The van der Waals surface area contributed by atoms with E-state index in [1.807, 2.05) is 19.9 Å². The molecule has 1 rings (SSSR count). The van der Waals surface area contributed by atoms with Gasteiger partial charge in [-0.25, -0.2) is 4.68 Å². The monoisotopic (exact) mass is 316 g/mol. The SMILES string of the molecule is CC(C)C(C)(C#N)NC(=O)Cn1ncc(Cl)c(Cl)c1=O. The van der Waals surface area contributed by atoms with Crippen molar-refractivity contribution >= 4 is 29.1 Å². The maximum atomic E-state index is 11.9. The number of nitrogens with one attached hydrogen (secondary N) is 1. The van der Waals surface area contributed by atoms with Gasteiger partial charge < -0.3 is 5.32 Å². The number of carbonyl (C=O) groups excluding carboxylic acids is 1. The molecule has 0 saturated carbocycles. The predicted octanol–water partition coefficient (Wildman–Crippen LogP) is 1.60. The number of hydrogen-bond donors (Lipinski definition) is 1. The molecule has 1 amide bonds. The van der Waals surface area contributed by atoms with Crippen LogP contribution in [0, 0.1) is 17.2 Å². The van der Waals surface area contributed by atoms with Gasteiger partial charge in [-0.1, -0.05) is 37.0 Å². The Bertz CT molecular complexity index is 621. The Balaban J connectivity index is 2.91. The van der Waals surface area contributed by atoms with Crippen molar-refractivity contribution in [1.29, 1.82) is 5.26 Å². The lowest BCUT2D eigenvalue weighted by Crippen LogP contribution is -2.50. The summed E-state index contributed by atoms with van der Waals surface area (Å²) >= 11 is 11.3. The number of nitrogens with zero attached hydrogens (tertiary/aromatic N) is 3. The minimum Gasteiger partial charge on any atom is -0.336 e. The lowest BCUT2D eigenvalue weighted by atomic mass is 9.90. The molecule has 1 atom stereocenters. The zero-order valence-corrected chi connectivity index (χ0v) is 12.8. The van der Waals surface area contributed by atoms with Gasteiger partial charge in [-0.05, 0) is 12.8 Å². The molecule has 1 aromatic heterocycles. The van der Waals surface area contributed by atoms with Crippen molar-refractivity contribution in [2.75, 3.05) is 0 Å². The second-order valence-corrected chi connectivity index (χ2v) is 5.57. The fourth-order valence-corrected chi connectivity index (χ4v) is 1.59. The van der Waals surface area contributed by atoms with E-state index < -0.39 is 17.0 Å². The summed E-state index contributed by atoms with van der Waals surface area (Å²) in [5.74, 6) is -0.592. The molecule has 1 heterocycles. The van der Waals surface area contributed by atoms with E-state index in [-0.39, 0.29) is 22.5 Å². The molecule has 0 aliphatic carbocycles. The van der Waals surface area contributed by atoms with Crippen LogP contribution < -0.4 is 10.9 Å². The van der Waals surface area contributed by atoms with Crippen molar-refractivity contribution < 1.29 is 4.79 Å². The Morgan fingerprint density at radius 2 is 2.20 bits per heavy atom. The largest absolute Gasteiger partial charge is 0.336 e. The van der Waals surface area contributed by atoms with E-state index in [9.17, 15) is 9.59 Å². The highest BCUT2D eigenvalue weighted by atomic mass is 35.5. The normalized spacial score (nSPS) is 13.7. The van der Waals surface area contributed by atoms with Crippen LogP contribution in [0.25, 0.3) is 0 Å². The van der Waals surface area contributed by atoms with Gasteiger partial charge in [0.05, 0.1) is 17.3 Å². The second kappa shape index (κ2) is 6.25. The fraction of sp³-hybridized carbons (Fsp3) is 0.500. The molecule has 0 bridgehead atoms. The highest BCUT2D eigenvalue weighted by Crippen LogP contribution is 2.16. The first-order chi connectivity index (χ1) is 9.21. The number of rotatable bonds is 4. The highest BCUT2D eigenvalue weighted by molar-refractivity contribution is 6.41. The smallest absolute Gasteiger partial charge is 0.287 e. The molecule has 108 valence electrons. The van der Waals surface area contributed by atoms with Crippen LogP contribution in [-0.4, -0.2) is 21.2 Å². The average Bonchev–Trinajstić information content (AvgIpc) is 2.39. The standard InChI is InChI=1S/C12H14Cl2N4O2/c1-7(2)12(3,6-15)17-9(19)5-18-11(20)10(14)8(13)4-16-18/h4,7H,5H2,1-3H3,(H,17,19). The summed E-state index contributed by atoms with van der Waals surface area (Å²) in [5.41, 5.74) is -1.67. The number of carbonyl (C=O) groups is 1. The van der Waals surface area contributed by atoms with E-state index >= 15 is 0 Å². The summed E-state index contributed by atoms with van der Waals surface area (Å²) in [6, 6.07) is 2.04. The Morgan fingerprint density at radius 1 is 1.60 bits per heavy atom. The molecule has 1 unspecified atom stereocenters. The topological polar surface area (TPSA) is 87.8 Å². The summed E-state index contributed by atoms with van der Waals surface area (Å²) in [5, 5.41) is 15.3. The van der Waals surface area contributed by atoms with Gasteiger partial charge in [0.25, 0.3) is 5.56 Å². The number of aromatic nitrogens is 2. The van der Waals surface area contributed by atoms with Crippen molar-refractivity contribution in [2.45, 2.75) is 32.9 Å². The molecular weight excluding hydrogens is 303 g/mol. The minimum atomic E-state index is -1.02. The molecular formula is C12H14Cl2N4O2. The van der Waals surface area contributed by atoms with E-state index in [1.165, 1.54) is 6.20 Å². The summed E-state index contributed by atoms with van der Waals surface area (Å²) in [7, 11) is 0. The third-order valence-electron chi connectivity index (χ3n) is 3.02. The first-order valence-corrected chi connectivity index (χ1v) is 6.60. The van der Waals surface area contributed by atoms with Crippen LogP contribution in [0.4, 0.5) is 0 Å². The predicted molar refractivity (Wildman–Crippen MR) is 75.5 cm³/mol. The maximum absolute atomic E-state index is 11.9. The van der Waals surface area contributed by atoms with Gasteiger partial charge in [-0.15, -0.1) is 0 Å². The second-order valence-electron chi connectivity index (χ2n) is 4.79. The van der Waals surface area contributed by atoms with Gasteiger partial charge in [-0.2, -0.15) is 10.4 Å². The van der Waals surface area contributed by atoms with Crippen molar-refractivity contribution in [3.8, 4) is 6.07 Å². The molecule has 20 heavy (non-hydrogen) atoms. The molecule has 0 spiro atoms. The lowest BCUT2D eigenvalue weighted by Gasteiger charge is -2.27. The first kappa shape index (κ1) is 16.5. The van der Waals surface area contributed by atoms with Gasteiger partial charge in [0, 0.05) is 0 Å². The third-order valence-corrected chi connectivity index (χ3v) is 3.77. The van der Waals surface area contributed by atoms with Crippen LogP contribution in [0.2, 0.25) is 10.0 Å². The number of amides is 1. The zero-order valence-electron chi connectivity index (χ0n) is 11.3. The molecule has 6 nitrogen and oxygen atoms in total. The lowest BCUT2D eigenvalue weighted by molar-refractivity contribution is -0.123. The maximum Gasteiger partial charge on any atom is 0.287 e. The van der Waals surface area contributed by atoms with Crippen LogP contribution in [0.3, 0.4) is 0 Å². The molecule has 1 aromatic rings. The van der Waals surface area contributed by atoms with Crippen molar-refractivity contribution in [1.82, 2.24) is 15.1 Å². The van der Waals surface area contributed by atoms with Crippen molar-refractivity contribution in [3.63, 3.8) is 0 Å². The molecule has 0 radical (unpaired) electrons. The van der Waals surface area contributed by atoms with E-state index in [0.29, 0.717) is 0 Å². The summed E-state index contributed by atoms with van der Waals surface area (Å²) < 4.78 is 0.891. The summed E-state index contributed by atoms with van der Waals surface area (Å²) in [6.07, 6.45) is 1.19. The van der Waals surface area contributed by atoms with E-state index in [0.717, 1.165) is 4.68 Å². The molecule has 0 aliphatic heterocycles. The van der Waals surface area contributed by atoms with Gasteiger partial charge >= 0.3 is 0 Å². The van der Waals surface area contributed by atoms with E-state index in [2.05, 4.69) is 10.4 Å². The number of nitriles is 1. The summed E-state index contributed by atoms with van der Waals surface area (Å²) in [6.45, 7) is 4.90. The van der Waals surface area contributed by atoms with Crippen LogP contribution in [0.15, 0.2) is 11.0 Å². The Morgan fingerprint density at radius 3 is 2.70 bits per heavy atom. The van der Waals surface area contributed by atoms with Crippen LogP contribution in [-0.2, 0) is 11.3 Å². The fourth-order valence-electron chi connectivity index (χ4n) is 1.32. The van der Waals surface area contributed by atoms with Gasteiger partial charge in [0.1, 0.15) is 17.1 Å². The van der Waals surface area contributed by atoms with Crippen LogP contribution in [0.5, 0.6) is 0 Å². The molecule has 0 aliphatic rings. The molecule has 0 saturated heterocycles. The van der Waals surface area contributed by atoms with Crippen LogP contribution in [0.1, 0.15) is 20.8 Å². The van der Waals surface area contributed by atoms with Crippen molar-refractivity contribution in [3.05, 3.63) is 26.6 Å². The quantitative estimate of drug-likeness (QED) is 0.914. The highest BCUT2D eigenvalue weighted by Gasteiger charge is 2.30.